The van der Waals surface area contributed by atoms with Crippen molar-refractivity contribution in [3.63, 3.8) is 0 Å². The summed E-state index contributed by atoms with van der Waals surface area (Å²) in [6.45, 7) is 6.55. The lowest BCUT2D eigenvalue weighted by atomic mass is 10.1. The first kappa shape index (κ1) is 39.1. The van der Waals surface area contributed by atoms with E-state index >= 15 is 0 Å². The Morgan fingerprint density at radius 2 is 1.06 bits per heavy atom. The van der Waals surface area contributed by atoms with Crippen LogP contribution in [0.4, 0.5) is 0 Å². The average Bonchev–Trinajstić information content (AvgIpc) is 3.10. The Morgan fingerprint density at radius 3 is 1.63 bits per heavy atom. The molecule has 10 heteroatoms. The van der Waals surface area contributed by atoms with Gasteiger partial charge in [0.25, 0.3) is 0 Å². The summed E-state index contributed by atoms with van der Waals surface area (Å²) in [5, 5.41) is 0.324. The minimum atomic E-state index is -1.05. The van der Waals surface area contributed by atoms with Crippen LogP contribution in [0.25, 0.3) is 0 Å². The van der Waals surface area contributed by atoms with E-state index in [-0.39, 0.29) is 34.8 Å². The molecule has 0 aromatic heterocycles. The fraction of sp³-hybridized carbons (Fsp3) is 0.436. The number of halogens is 1. The van der Waals surface area contributed by atoms with E-state index < -0.39 is 30.0 Å². The summed E-state index contributed by atoms with van der Waals surface area (Å²) in [5.41, 5.74) is 0.659. The molecule has 0 saturated carbocycles. The van der Waals surface area contributed by atoms with Crippen molar-refractivity contribution in [1.82, 2.24) is 0 Å². The average molecular weight is 695 g/mol. The van der Waals surface area contributed by atoms with E-state index in [0.29, 0.717) is 17.4 Å². The standard InChI is InChI=1S/C39H47ClO9/c1-4-6-8-9-10-11-12-14-25-45-35-24-19-31(27-34(35)40)39(44)49-33-22-17-30(18-23-33)38(43)48-32-20-15-29(16-21-32)37(42)47-28(3)36(41)46-26-13-7-5-2/h15-24,27-28H,4-14,25-26H2,1-3H3. The Hall–Kier alpha value is -4.37. The van der Waals surface area contributed by atoms with Crippen LogP contribution in [0.15, 0.2) is 66.7 Å². The van der Waals surface area contributed by atoms with E-state index in [9.17, 15) is 19.2 Å². The first-order chi connectivity index (χ1) is 23.7. The maximum atomic E-state index is 12.7. The van der Waals surface area contributed by atoms with Gasteiger partial charge in [0.15, 0.2) is 6.10 Å². The molecule has 3 aromatic rings. The number of hydrogen-bond acceptors (Lipinski definition) is 9. The predicted molar refractivity (Wildman–Crippen MR) is 188 cm³/mol. The molecule has 1 unspecified atom stereocenters. The second-order valence-electron chi connectivity index (χ2n) is 11.7. The Kier molecular flexibility index (Phi) is 17.2. The van der Waals surface area contributed by atoms with Crippen LogP contribution >= 0.6 is 11.6 Å². The minimum absolute atomic E-state index is 0.179. The quantitative estimate of drug-likeness (QED) is 0.0611. The third kappa shape index (κ3) is 13.9. The second-order valence-corrected chi connectivity index (χ2v) is 12.1. The molecule has 0 radical (unpaired) electrons. The first-order valence-electron chi connectivity index (χ1n) is 17.2. The summed E-state index contributed by atoms with van der Waals surface area (Å²) in [6.07, 6.45) is 11.3. The highest BCUT2D eigenvalue weighted by Gasteiger charge is 2.21. The minimum Gasteiger partial charge on any atom is -0.492 e. The molecule has 0 heterocycles. The maximum absolute atomic E-state index is 12.7. The Balaban J connectivity index is 1.42. The van der Waals surface area contributed by atoms with E-state index in [1.54, 1.807) is 12.1 Å². The van der Waals surface area contributed by atoms with Crippen LogP contribution in [-0.2, 0) is 14.3 Å². The maximum Gasteiger partial charge on any atom is 0.347 e. The topological polar surface area (TPSA) is 114 Å². The molecule has 0 amide bonds. The van der Waals surface area contributed by atoms with E-state index in [1.807, 2.05) is 6.92 Å². The van der Waals surface area contributed by atoms with Crippen molar-refractivity contribution in [2.24, 2.45) is 0 Å². The lowest BCUT2D eigenvalue weighted by Gasteiger charge is -2.13. The monoisotopic (exact) mass is 694 g/mol. The number of carbonyl (C=O) groups excluding carboxylic acids is 4. The molecule has 264 valence electrons. The number of hydrogen-bond donors (Lipinski definition) is 0. The lowest BCUT2D eigenvalue weighted by molar-refractivity contribution is -0.153. The first-order valence-corrected chi connectivity index (χ1v) is 17.5. The molecule has 3 aromatic carbocycles. The van der Waals surface area contributed by atoms with Crippen LogP contribution in [0, 0.1) is 0 Å². The van der Waals surface area contributed by atoms with Gasteiger partial charge in [-0.25, -0.2) is 19.2 Å². The summed E-state index contributed by atoms with van der Waals surface area (Å²) >= 11 is 6.36. The molecule has 3 rings (SSSR count). The molecule has 0 fully saturated rings. The van der Waals surface area contributed by atoms with Gasteiger partial charge < -0.3 is 23.7 Å². The zero-order valence-electron chi connectivity index (χ0n) is 28.7. The molecule has 0 aliphatic carbocycles. The fourth-order valence-corrected chi connectivity index (χ4v) is 4.97. The van der Waals surface area contributed by atoms with Gasteiger partial charge in [-0.15, -0.1) is 0 Å². The number of esters is 4. The van der Waals surface area contributed by atoms with Crippen LogP contribution < -0.4 is 14.2 Å². The molecule has 0 spiro atoms. The van der Waals surface area contributed by atoms with Gasteiger partial charge in [-0.3, -0.25) is 0 Å². The third-order valence-corrected chi connectivity index (χ3v) is 7.93. The summed E-state index contributed by atoms with van der Waals surface area (Å²) in [7, 11) is 0. The smallest absolute Gasteiger partial charge is 0.347 e. The molecule has 0 aliphatic heterocycles. The highest BCUT2D eigenvalue weighted by molar-refractivity contribution is 6.32. The van der Waals surface area contributed by atoms with Crippen molar-refractivity contribution in [2.75, 3.05) is 13.2 Å². The van der Waals surface area contributed by atoms with Crippen LogP contribution in [0.2, 0.25) is 5.02 Å². The Labute approximate surface area is 294 Å². The normalized spacial score (nSPS) is 11.3. The van der Waals surface area contributed by atoms with Crippen molar-refractivity contribution in [3.8, 4) is 17.2 Å². The van der Waals surface area contributed by atoms with E-state index in [1.165, 1.54) is 100 Å². The zero-order chi connectivity index (χ0) is 35.4. The molecule has 0 bridgehead atoms. The number of ether oxygens (including phenoxy) is 5. The predicted octanol–water partition coefficient (Wildman–Crippen LogP) is 9.58. The van der Waals surface area contributed by atoms with Gasteiger partial charge in [-0.2, -0.15) is 0 Å². The molecule has 1 atom stereocenters. The van der Waals surface area contributed by atoms with Crippen molar-refractivity contribution in [3.05, 3.63) is 88.4 Å². The molecule has 9 nitrogen and oxygen atoms in total. The molecule has 0 aliphatic rings. The van der Waals surface area contributed by atoms with Gasteiger partial charge in [0, 0.05) is 0 Å². The highest BCUT2D eigenvalue weighted by atomic mass is 35.5. The molecular weight excluding hydrogens is 648 g/mol. The Bertz CT molecular complexity index is 1490. The number of unbranched alkanes of at least 4 members (excludes halogenated alkanes) is 9. The SMILES string of the molecule is CCCCCCCCCCOc1ccc(C(=O)Oc2ccc(C(=O)Oc3ccc(C(=O)OC(C)C(=O)OCCCCC)cc3)cc2)cc1Cl. The van der Waals surface area contributed by atoms with Gasteiger partial charge in [-0.1, -0.05) is 83.2 Å². The van der Waals surface area contributed by atoms with Crippen molar-refractivity contribution < 1.29 is 42.9 Å². The van der Waals surface area contributed by atoms with Gasteiger partial charge in [0.1, 0.15) is 17.2 Å². The second kappa shape index (κ2) is 21.6. The van der Waals surface area contributed by atoms with Gasteiger partial charge in [0.2, 0.25) is 0 Å². The van der Waals surface area contributed by atoms with Gasteiger partial charge in [-0.05, 0) is 86.5 Å². The van der Waals surface area contributed by atoms with Gasteiger partial charge in [0.05, 0.1) is 34.9 Å². The zero-order valence-corrected chi connectivity index (χ0v) is 29.4. The van der Waals surface area contributed by atoms with E-state index in [2.05, 4.69) is 6.92 Å². The fourth-order valence-electron chi connectivity index (χ4n) is 4.73. The summed E-state index contributed by atoms with van der Waals surface area (Å²) < 4.78 is 27.0. The molecular formula is C39H47ClO9. The summed E-state index contributed by atoms with van der Waals surface area (Å²) in [4.78, 5) is 49.9. The molecule has 0 saturated heterocycles. The third-order valence-electron chi connectivity index (χ3n) is 7.63. The number of rotatable bonds is 21. The van der Waals surface area contributed by atoms with Crippen molar-refractivity contribution in [2.45, 2.75) is 97.5 Å². The lowest BCUT2D eigenvalue weighted by Crippen LogP contribution is -2.26. The largest absolute Gasteiger partial charge is 0.492 e. The summed E-state index contributed by atoms with van der Waals surface area (Å²) in [5.74, 6) is -1.63. The van der Waals surface area contributed by atoms with Gasteiger partial charge >= 0.3 is 23.9 Å². The van der Waals surface area contributed by atoms with Crippen molar-refractivity contribution in [1.29, 1.82) is 0 Å². The Morgan fingerprint density at radius 1 is 0.592 bits per heavy atom. The number of carbonyl (C=O) groups is 4. The highest BCUT2D eigenvalue weighted by Crippen LogP contribution is 2.27. The molecule has 49 heavy (non-hydrogen) atoms. The van der Waals surface area contributed by atoms with Crippen molar-refractivity contribution >= 4 is 35.5 Å². The molecule has 0 N–H and O–H groups in total. The van der Waals surface area contributed by atoms with Crippen LogP contribution in [0.5, 0.6) is 17.2 Å². The van der Waals surface area contributed by atoms with Crippen LogP contribution in [0.3, 0.4) is 0 Å². The summed E-state index contributed by atoms with van der Waals surface area (Å²) in [6, 6.07) is 16.4. The van der Waals surface area contributed by atoms with E-state index in [4.69, 9.17) is 35.3 Å². The van der Waals surface area contributed by atoms with Crippen LogP contribution in [0.1, 0.15) is 122 Å². The number of benzene rings is 3. The van der Waals surface area contributed by atoms with E-state index in [0.717, 1.165) is 32.1 Å². The van der Waals surface area contributed by atoms with Crippen LogP contribution in [-0.4, -0.2) is 43.2 Å².